The maximum absolute atomic E-state index is 14.1. The van der Waals surface area contributed by atoms with Crippen LogP contribution >= 0.6 is 0 Å². The van der Waals surface area contributed by atoms with Crippen LogP contribution in [0.2, 0.25) is 0 Å². The number of fused-ring (bicyclic) bond motifs is 2. The summed E-state index contributed by atoms with van der Waals surface area (Å²) in [6, 6.07) is 24.4. The first kappa shape index (κ1) is 20.8. The van der Waals surface area contributed by atoms with E-state index in [1.807, 2.05) is 66.7 Å². The lowest BCUT2D eigenvalue weighted by molar-refractivity contribution is 0.419. The molecule has 0 spiro atoms. The van der Waals surface area contributed by atoms with E-state index in [9.17, 15) is 9.90 Å². The normalized spacial score (nSPS) is 14.2. The number of nitrogens with one attached hydrogen (secondary N) is 1. The molecular weight excluding hydrogens is 414 g/mol. The number of hydrogen-bond acceptors (Lipinski definition) is 5. The highest BCUT2D eigenvalue weighted by Gasteiger charge is 2.34. The third-order valence-electron chi connectivity index (χ3n) is 5.85. The fourth-order valence-corrected chi connectivity index (χ4v) is 4.25. The highest BCUT2D eigenvalue weighted by molar-refractivity contribution is 5.59. The Labute approximate surface area is 192 Å². The maximum atomic E-state index is 14.1. The van der Waals surface area contributed by atoms with Crippen molar-refractivity contribution in [3.8, 4) is 23.1 Å². The molecule has 1 aromatic heterocycles. The van der Waals surface area contributed by atoms with Gasteiger partial charge in [0.1, 0.15) is 11.5 Å². The number of aromatic hydroxyl groups is 1. The van der Waals surface area contributed by atoms with Gasteiger partial charge in [-0.2, -0.15) is 4.98 Å². The smallest absolute Gasteiger partial charge is 0.267 e. The predicted octanol–water partition coefficient (Wildman–Crippen LogP) is 5.44. The van der Waals surface area contributed by atoms with Crippen LogP contribution in [0.25, 0.3) is 5.69 Å². The lowest BCUT2D eigenvalue weighted by atomic mass is 9.84. The van der Waals surface area contributed by atoms with E-state index < -0.39 is 0 Å². The summed E-state index contributed by atoms with van der Waals surface area (Å²) in [4.78, 5) is 18.9. The Morgan fingerprint density at radius 2 is 1.76 bits per heavy atom. The molecule has 2 heterocycles. The molecule has 0 saturated heterocycles. The van der Waals surface area contributed by atoms with Crippen LogP contribution in [0.1, 0.15) is 42.4 Å². The predicted molar refractivity (Wildman–Crippen MR) is 129 cm³/mol. The molecule has 33 heavy (non-hydrogen) atoms. The van der Waals surface area contributed by atoms with Crippen LogP contribution in [-0.4, -0.2) is 21.2 Å². The second-order valence-electron chi connectivity index (χ2n) is 8.08. The molecule has 6 heteroatoms. The van der Waals surface area contributed by atoms with Gasteiger partial charge < -0.3 is 15.2 Å². The Balaban J connectivity index is 1.77. The summed E-state index contributed by atoms with van der Waals surface area (Å²) in [7, 11) is 0. The van der Waals surface area contributed by atoms with E-state index >= 15 is 0 Å². The Hall–Kier alpha value is -4.06. The van der Waals surface area contributed by atoms with E-state index in [1.54, 1.807) is 16.7 Å². The first-order valence-electron chi connectivity index (χ1n) is 11.2. The Morgan fingerprint density at radius 3 is 2.48 bits per heavy atom. The van der Waals surface area contributed by atoms with Gasteiger partial charge in [0.25, 0.3) is 5.56 Å². The van der Waals surface area contributed by atoms with E-state index in [1.165, 1.54) is 0 Å². The van der Waals surface area contributed by atoms with E-state index in [2.05, 4.69) is 12.2 Å². The molecule has 0 bridgehead atoms. The lowest BCUT2D eigenvalue weighted by Gasteiger charge is -2.29. The SMILES string of the molecule is CCCCNc1nc2c(c(=O)n1-c1ccccc1)C(c1ccccc1)c1ccc(O)cc1O2. The summed E-state index contributed by atoms with van der Waals surface area (Å²) in [6.45, 7) is 2.80. The number of phenolic OH excluding ortho intramolecular Hbond substituents is 1. The summed E-state index contributed by atoms with van der Waals surface area (Å²) in [6.07, 6.45) is 1.97. The number of nitrogens with zero attached hydrogens (tertiary/aromatic N) is 2. The number of ether oxygens (including phenoxy) is 1. The third-order valence-corrected chi connectivity index (χ3v) is 5.85. The van der Waals surface area contributed by atoms with Crippen molar-refractivity contribution in [1.82, 2.24) is 9.55 Å². The summed E-state index contributed by atoms with van der Waals surface area (Å²) < 4.78 is 7.73. The van der Waals surface area contributed by atoms with Crippen LogP contribution in [-0.2, 0) is 0 Å². The van der Waals surface area contributed by atoms with Gasteiger partial charge in [0.15, 0.2) is 0 Å². The van der Waals surface area contributed by atoms with Crippen LogP contribution in [0.3, 0.4) is 0 Å². The zero-order valence-corrected chi connectivity index (χ0v) is 18.4. The standard InChI is InChI=1S/C27H25N3O3/c1-2-3-16-28-27-29-25-24(26(32)30(27)19-12-8-5-9-13-19)23(18-10-6-4-7-11-18)21-15-14-20(31)17-22(21)33-25/h4-15,17,23,31H,2-3,16H2,1H3,(H,28,29). The minimum Gasteiger partial charge on any atom is -0.508 e. The van der Waals surface area contributed by atoms with Crippen molar-refractivity contribution < 1.29 is 9.84 Å². The van der Waals surface area contributed by atoms with Crippen molar-refractivity contribution in [3.63, 3.8) is 0 Å². The molecule has 1 unspecified atom stereocenters. The number of anilines is 1. The fraction of sp³-hybridized carbons (Fsp3) is 0.185. The van der Waals surface area contributed by atoms with Crippen LogP contribution < -0.4 is 15.6 Å². The van der Waals surface area contributed by atoms with E-state index in [0.717, 1.165) is 29.7 Å². The maximum Gasteiger partial charge on any atom is 0.267 e. The first-order valence-corrected chi connectivity index (χ1v) is 11.2. The number of unbranched alkanes of at least 4 members (excludes halogenated alkanes) is 1. The second-order valence-corrected chi connectivity index (χ2v) is 8.08. The lowest BCUT2D eigenvalue weighted by Crippen LogP contribution is -2.31. The molecule has 1 aliphatic rings. The van der Waals surface area contributed by atoms with Gasteiger partial charge >= 0.3 is 0 Å². The second kappa shape index (κ2) is 8.82. The van der Waals surface area contributed by atoms with Crippen molar-refractivity contribution >= 4 is 5.95 Å². The average molecular weight is 440 g/mol. The van der Waals surface area contributed by atoms with Crippen molar-refractivity contribution in [1.29, 1.82) is 0 Å². The van der Waals surface area contributed by atoms with E-state index in [0.29, 0.717) is 23.8 Å². The Bertz CT molecular complexity index is 1330. The van der Waals surface area contributed by atoms with Crippen LogP contribution in [0.15, 0.2) is 83.7 Å². The number of hydrogen-bond donors (Lipinski definition) is 2. The molecule has 5 rings (SSSR count). The Morgan fingerprint density at radius 1 is 1.03 bits per heavy atom. The van der Waals surface area contributed by atoms with Crippen LogP contribution in [0, 0.1) is 0 Å². The van der Waals surface area contributed by atoms with Crippen molar-refractivity contribution in [2.24, 2.45) is 0 Å². The number of phenols is 1. The molecule has 0 amide bonds. The molecule has 6 nitrogen and oxygen atoms in total. The molecule has 2 N–H and O–H groups in total. The number of aromatic nitrogens is 2. The average Bonchev–Trinajstić information content (AvgIpc) is 2.84. The van der Waals surface area contributed by atoms with Gasteiger partial charge in [-0.3, -0.25) is 4.79 Å². The van der Waals surface area contributed by atoms with Crippen molar-refractivity contribution in [3.05, 3.63) is 106 Å². The van der Waals surface area contributed by atoms with Crippen molar-refractivity contribution in [2.75, 3.05) is 11.9 Å². The summed E-state index contributed by atoms with van der Waals surface area (Å²) in [5.74, 6) is 0.931. The summed E-state index contributed by atoms with van der Waals surface area (Å²) in [5.41, 5.74) is 2.80. The molecule has 0 radical (unpaired) electrons. The van der Waals surface area contributed by atoms with E-state index in [-0.39, 0.29) is 23.1 Å². The molecule has 166 valence electrons. The molecule has 3 aromatic carbocycles. The zero-order chi connectivity index (χ0) is 22.8. The topological polar surface area (TPSA) is 76.4 Å². The highest BCUT2D eigenvalue weighted by atomic mass is 16.5. The van der Waals surface area contributed by atoms with E-state index in [4.69, 9.17) is 9.72 Å². The minimum absolute atomic E-state index is 0.0999. The number of benzene rings is 3. The quantitative estimate of drug-likeness (QED) is 0.345. The number of para-hydroxylation sites is 1. The highest BCUT2D eigenvalue weighted by Crippen LogP contribution is 2.46. The van der Waals surface area contributed by atoms with Crippen LogP contribution in [0.4, 0.5) is 5.95 Å². The molecule has 1 aliphatic heterocycles. The monoisotopic (exact) mass is 439 g/mol. The van der Waals surface area contributed by atoms with Gasteiger partial charge in [0.05, 0.1) is 11.3 Å². The number of rotatable bonds is 6. The van der Waals surface area contributed by atoms with Crippen LogP contribution in [0.5, 0.6) is 17.4 Å². The molecular formula is C27H25N3O3. The summed E-state index contributed by atoms with van der Waals surface area (Å²) >= 11 is 0. The molecule has 0 saturated carbocycles. The van der Waals surface area contributed by atoms with Gasteiger partial charge in [-0.1, -0.05) is 67.9 Å². The van der Waals surface area contributed by atoms with Gasteiger partial charge in [-0.05, 0) is 30.2 Å². The molecule has 0 aliphatic carbocycles. The first-order chi connectivity index (χ1) is 16.2. The Kier molecular flexibility index (Phi) is 5.57. The fourth-order valence-electron chi connectivity index (χ4n) is 4.25. The van der Waals surface area contributed by atoms with Gasteiger partial charge in [0.2, 0.25) is 11.8 Å². The zero-order valence-electron chi connectivity index (χ0n) is 18.4. The van der Waals surface area contributed by atoms with Gasteiger partial charge in [-0.15, -0.1) is 0 Å². The van der Waals surface area contributed by atoms with Gasteiger partial charge in [0, 0.05) is 24.1 Å². The minimum atomic E-state index is -0.370. The third kappa shape index (κ3) is 3.84. The molecule has 1 atom stereocenters. The molecule has 4 aromatic rings. The van der Waals surface area contributed by atoms with Crippen molar-refractivity contribution in [2.45, 2.75) is 25.7 Å². The molecule has 0 fully saturated rings. The largest absolute Gasteiger partial charge is 0.508 e. The summed E-state index contributed by atoms with van der Waals surface area (Å²) in [5, 5.41) is 13.4. The van der Waals surface area contributed by atoms with Gasteiger partial charge in [-0.25, -0.2) is 4.57 Å².